The number of aryl methyl sites for hydroxylation is 1. The first-order valence-corrected chi connectivity index (χ1v) is 11.1. The van der Waals surface area contributed by atoms with Crippen molar-refractivity contribution in [2.24, 2.45) is 10.3 Å². The van der Waals surface area contributed by atoms with E-state index in [0.717, 1.165) is 46.9 Å². The quantitative estimate of drug-likeness (QED) is 0.601. The number of aliphatic imine (C=N–C) groups is 1. The van der Waals surface area contributed by atoms with E-state index in [2.05, 4.69) is 36.3 Å². The van der Waals surface area contributed by atoms with E-state index in [0.29, 0.717) is 5.69 Å². The molecule has 0 saturated carbocycles. The molecule has 26 heavy (non-hydrogen) atoms. The van der Waals surface area contributed by atoms with Crippen LogP contribution in [0.2, 0.25) is 0 Å². The average Bonchev–Trinajstić information content (AvgIpc) is 3.12. The lowest BCUT2D eigenvalue weighted by Crippen LogP contribution is -2.35. The van der Waals surface area contributed by atoms with Crippen molar-refractivity contribution in [1.82, 2.24) is 15.3 Å². The molecule has 0 radical (unpaired) electrons. The first-order chi connectivity index (χ1) is 12.6. The van der Waals surface area contributed by atoms with E-state index in [9.17, 15) is 4.91 Å². The third kappa shape index (κ3) is 3.17. The summed E-state index contributed by atoms with van der Waals surface area (Å²) in [7, 11) is -1.57. The second-order valence-corrected chi connectivity index (χ2v) is 9.86. The van der Waals surface area contributed by atoms with Crippen LogP contribution in [-0.2, 0) is 0 Å². The van der Waals surface area contributed by atoms with E-state index < -0.39 is 10.2 Å². The molecule has 10 heteroatoms. The molecule has 2 aliphatic rings. The summed E-state index contributed by atoms with van der Waals surface area (Å²) in [5, 5.41) is 14.5. The van der Waals surface area contributed by atoms with E-state index in [4.69, 9.17) is 0 Å². The first kappa shape index (κ1) is 17.0. The molecule has 0 amide bonds. The van der Waals surface area contributed by atoms with Gasteiger partial charge in [0.2, 0.25) is 0 Å². The number of thiazole rings is 1. The maximum absolute atomic E-state index is 11.5. The molecule has 4 rings (SSSR count). The molecule has 136 valence electrons. The zero-order chi connectivity index (χ0) is 18.1. The van der Waals surface area contributed by atoms with Crippen LogP contribution >= 0.6 is 21.6 Å². The predicted octanol–water partition coefficient (Wildman–Crippen LogP) is 3.46. The third-order valence-electron chi connectivity index (χ3n) is 4.15. The Morgan fingerprint density at radius 3 is 3.00 bits per heavy atom. The van der Waals surface area contributed by atoms with Crippen LogP contribution in [-0.4, -0.2) is 35.3 Å². The molecule has 0 aliphatic carbocycles. The zero-order valence-corrected chi connectivity index (χ0v) is 16.1. The van der Waals surface area contributed by atoms with Crippen molar-refractivity contribution < 1.29 is 0 Å². The summed E-state index contributed by atoms with van der Waals surface area (Å²) in [4.78, 5) is 25.9. The number of guanidine groups is 1. The van der Waals surface area contributed by atoms with Crippen LogP contribution < -0.4 is 15.0 Å². The van der Waals surface area contributed by atoms with Gasteiger partial charge in [0.15, 0.2) is 11.1 Å². The lowest BCUT2D eigenvalue weighted by atomic mass is 10.3. The molecule has 2 N–H and O–H groups in total. The normalized spacial score (nSPS) is 23.8. The number of nitrogens with zero attached hydrogens (tertiary/aromatic N) is 5. The Labute approximate surface area is 156 Å². The van der Waals surface area contributed by atoms with Crippen LogP contribution in [0.4, 0.5) is 10.8 Å². The summed E-state index contributed by atoms with van der Waals surface area (Å²) >= 11 is 1.52. The average molecular weight is 390 g/mol. The van der Waals surface area contributed by atoms with Gasteiger partial charge in [-0.25, -0.2) is 4.98 Å². The molecule has 0 fully saturated rings. The molecule has 0 spiro atoms. The predicted molar refractivity (Wildman–Crippen MR) is 109 cm³/mol. The summed E-state index contributed by atoms with van der Waals surface area (Å²) in [5.41, 5.74) is 2.47. The minimum Gasteiger partial charge on any atom is -0.356 e. The molecule has 1 unspecified atom stereocenters. The molecule has 0 saturated heterocycles. The van der Waals surface area contributed by atoms with Crippen LogP contribution in [0.5, 0.6) is 0 Å². The molecular formula is C16H19N7OS2. The van der Waals surface area contributed by atoms with E-state index in [1.165, 1.54) is 15.8 Å². The third-order valence-corrected chi connectivity index (χ3v) is 7.57. The van der Waals surface area contributed by atoms with Gasteiger partial charge < -0.3 is 10.6 Å². The zero-order valence-electron chi connectivity index (χ0n) is 14.5. The van der Waals surface area contributed by atoms with Gasteiger partial charge in [0.05, 0.1) is 22.9 Å². The van der Waals surface area contributed by atoms with Crippen LogP contribution in [0.1, 0.15) is 17.8 Å². The molecule has 8 nitrogen and oxygen atoms in total. The Bertz CT molecular complexity index is 892. The van der Waals surface area contributed by atoms with Crippen molar-refractivity contribution in [2.45, 2.75) is 13.3 Å². The van der Waals surface area contributed by atoms with Gasteiger partial charge in [-0.05, 0) is 37.1 Å². The molecule has 2 aromatic rings. The maximum Gasteiger partial charge on any atom is 0.197 e. The fraction of sp³-hybridized carbons (Fsp3) is 0.312. The van der Waals surface area contributed by atoms with Gasteiger partial charge >= 0.3 is 0 Å². The van der Waals surface area contributed by atoms with Crippen molar-refractivity contribution in [1.29, 1.82) is 0 Å². The lowest BCUT2D eigenvalue weighted by Gasteiger charge is -2.28. The SMILES string of the molecule is Cc1ccc(N(N=O)S2(C)C=C2c2csc(NC3=NCCCN3)n2)cn1. The van der Waals surface area contributed by atoms with Gasteiger partial charge in [0, 0.05) is 29.1 Å². The summed E-state index contributed by atoms with van der Waals surface area (Å²) in [6.07, 6.45) is 4.76. The summed E-state index contributed by atoms with van der Waals surface area (Å²) in [6, 6.07) is 3.74. The Morgan fingerprint density at radius 1 is 1.42 bits per heavy atom. The largest absolute Gasteiger partial charge is 0.356 e. The van der Waals surface area contributed by atoms with Gasteiger partial charge in [0.25, 0.3) is 0 Å². The highest BCUT2D eigenvalue weighted by molar-refractivity contribution is 8.49. The number of aromatic nitrogens is 2. The number of pyridine rings is 1. The first-order valence-electron chi connectivity index (χ1n) is 8.18. The van der Waals surface area contributed by atoms with Crippen molar-refractivity contribution in [3.05, 3.63) is 45.4 Å². The maximum atomic E-state index is 11.5. The highest BCUT2D eigenvalue weighted by Gasteiger charge is 2.44. The Kier molecular flexibility index (Phi) is 4.37. The van der Waals surface area contributed by atoms with Crippen LogP contribution in [0.25, 0.3) is 4.91 Å². The monoisotopic (exact) mass is 389 g/mol. The van der Waals surface area contributed by atoms with Gasteiger partial charge in [-0.2, -0.15) is 4.41 Å². The van der Waals surface area contributed by atoms with Gasteiger partial charge in [-0.3, -0.25) is 9.98 Å². The van der Waals surface area contributed by atoms with Crippen molar-refractivity contribution in [2.75, 3.05) is 29.1 Å². The summed E-state index contributed by atoms with van der Waals surface area (Å²) in [5.74, 6) is 0.763. The van der Waals surface area contributed by atoms with E-state index in [1.807, 2.05) is 30.7 Å². The van der Waals surface area contributed by atoms with E-state index in [1.54, 1.807) is 6.20 Å². The Morgan fingerprint density at radius 2 is 2.31 bits per heavy atom. The van der Waals surface area contributed by atoms with Gasteiger partial charge in [0.1, 0.15) is 0 Å². The molecule has 0 aromatic carbocycles. The number of nitrogens with one attached hydrogen (secondary N) is 2. The topological polar surface area (TPSA) is 94.9 Å². The molecule has 1 atom stereocenters. The Hall–Kier alpha value is -2.46. The van der Waals surface area contributed by atoms with Crippen molar-refractivity contribution in [3.63, 3.8) is 0 Å². The lowest BCUT2D eigenvalue weighted by molar-refractivity contribution is 0.740. The van der Waals surface area contributed by atoms with Gasteiger partial charge in [-0.1, -0.05) is 10.2 Å². The molecule has 2 aliphatic heterocycles. The fourth-order valence-corrected chi connectivity index (χ4v) is 5.86. The minimum absolute atomic E-state index is 0.698. The fourth-order valence-electron chi connectivity index (χ4n) is 2.67. The highest BCUT2D eigenvalue weighted by atomic mass is 32.3. The number of anilines is 2. The second kappa shape index (κ2) is 6.69. The number of nitroso groups, excluding NO2 is 1. The number of hydrogen-bond donors (Lipinski definition) is 2. The molecular weight excluding hydrogens is 370 g/mol. The minimum atomic E-state index is -1.57. The highest BCUT2D eigenvalue weighted by Crippen LogP contribution is 2.75. The second-order valence-electron chi connectivity index (χ2n) is 6.10. The standard InChI is InChI=1S/C16H19N7OS2/c1-11-4-5-12(8-19-11)23(22-24)26(2)10-14(26)13-9-25-16(20-13)21-15-17-6-3-7-18-15/h4-5,8-10H,3,6-7H2,1-2H3,(H2,17,18,20,21). The summed E-state index contributed by atoms with van der Waals surface area (Å²) in [6.45, 7) is 3.65. The van der Waals surface area contributed by atoms with E-state index in [-0.39, 0.29) is 0 Å². The van der Waals surface area contributed by atoms with E-state index >= 15 is 0 Å². The summed E-state index contributed by atoms with van der Waals surface area (Å²) < 4.78 is 1.52. The molecule has 0 bridgehead atoms. The molecule has 4 heterocycles. The van der Waals surface area contributed by atoms with Crippen molar-refractivity contribution >= 4 is 43.2 Å². The smallest absolute Gasteiger partial charge is 0.197 e. The number of hydrogen-bond acceptors (Lipinski definition) is 8. The number of rotatable bonds is 5. The van der Waals surface area contributed by atoms with Crippen LogP contribution in [0, 0.1) is 11.8 Å². The Balaban J connectivity index is 1.49. The van der Waals surface area contributed by atoms with Crippen LogP contribution in [0.3, 0.4) is 0 Å². The molecule has 2 aromatic heterocycles. The van der Waals surface area contributed by atoms with Crippen molar-refractivity contribution in [3.8, 4) is 0 Å². The van der Waals surface area contributed by atoms with Crippen LogP contribution in [0.15, 0.2) is 39.4 Å². The van der Waals surface area contributed by atoms with Gasteiger partial charge in [-0.15, -0.1) is 16.2 Å².